The van der Waals surface area contributed by atoms with Gasteiger partial charge in [0.25, 0.3) is 0 Å². The molecule has 0 aliphatic rings. The summed E-state index contributed by atoms with van der Waals surface area (Å²) in [6.07, 6.45) is 3.21. The molecule has 0 aliphatic carbocycles. The van der Waals surface area contributed by atoms with Crippen LogP contribution in [0.2, 0.25) is 5.02 Å². The maximum atomic E-state index is 12.0. The van der Waals surface area contributed by atoms with E-state index in [1.165, 1.54) is 6.08 Å². The van der Waals surface area contributed by atoms with Crippen molar-refractivity contribution in [2.45, 2.75) is 0 Å². The van der Waals surface area contributed by atoms with Crippen LogP contribution in [0.15, 0.2) is 30.5 Å². The Bertz CT molecular complexity index is 628. The van der Waals surface area contributed by atoms with Crippen LogP contribution < -0.4 is 0 Å². The van der Waals surface area contributed by atoms with Gasteiger partial charge in [-0.1, -0.05) is 11.6 Å². The van der Waals surface area contributed by atoms with Crippen LogP contribution in [-0.2, 0) is 7.05 Å². The minimum atomic E-state index is -0.126. The van der Waals surface area contributed by atoms with Gasteiger partial charge < -0.3 is 9.47 Å². The largest absolute Gasteiger partial charge is 0.383 e. The molecule has 2 rings (SSSR count). The molecule has 0 saturated carbocycles. The van der Waals surface area contributed by atoms with Gasteiger partial charge >= 0.3 is 0 Å². The normalized spacial score (nSPS) is 11.3. The number of rotatable bonds is 3. The van der Waals surface area contributed by atoms with E-state index in [1.54, 1.807) is 27.8 Å². The highest BCUT2D eigenvalue weighted by molar-refractivity contribution is 6.31. The Labute approximate surface area is 110 Å². The first-order chi connectivity index (χ1) is 8.49. The Morgan fingerprint density at radius 1 is 1.44 bits per heavy atom. The van der Waals surface area contributed by atoms with Crippen LogP contribution in [0.5, 0.6) is 0 Å². The van der Waals surface area contributed by atoms with Crippen LogP contribution in [0.3, 0.4) is 0 Å². The molecule has 1 aromatic heterocycles. The summed E-state index contributed by atoms with van der Waals surface area (Å²) in [6, 6.07) is 5.38. The van der Waals surface area contributed by atoms with E-state index in [1.807, 2.05) is 27.2 Å². The van der Waals surface area contributed by atoms with Crippen molar-refractivity contribution in [3.05, 3.63) is 41.3 Å². The van der Waals surface area contributed by atoms with Gasteiger partial charge in [-0.3, -0.25) is 4.79 Å². The molecule has 0 radical (unpaired) electrons. The van der Waals surface area contributed by atoms with Gasteiger partial charge in [-0.15, -0.1) is 0 Å². The molecule has 94 valence electrons. The van der Waals surface area contributed by atoms with Gasteiger partial charge in [-0.25, -0.2) is 4.98 Å². The molecule has 0 N–H and O–H groups in total. The molecule has 0 fully saturated rings. The number of carbonyl (C=O) groups excluding carboxylic acids is 1. The van der Waals surface area contributed by atoms with E-state index in [0.717, 1.165) is 11.0 Å². The van der Waals surface area contributed by atoms with Crippen LogP contribution in [0.25, 0.3) is 11.0 Å². The summed E-state index contributed by atoms with van der Waals surface area (Å²) >= 11 is 5.94. The minimum absolute atomic E-state index is 0.126. The first-order valence-corrected chi connectivity index (χ1v) is 5.88. The maximum absolute atomic E-state index is 12.0. The van der Waals surface area contributed by atoms with Crippen LogP contribution in [0.4, 0.5) is 0 Å². The number of hydrogen-bond acceptors (Lipinski definition) is 3. The van der Waals surface area contributed by atoms with E-state index in [0.29, 0.717) is 10.8 Å². The smallest absolute Gasteiger partial charge is 0.222 e. The van der Waals surface area contributed by atoms with Crippen molar-refractivity contribution >= 4 is 28.4 Å². The third-order valence-corrected chi connectivity index (χ3v) is 2.82. The lowest BCUT2D eigenvalue weighted by atomic mass is 10.3. The monoisotopic (exact) mass is 263 g/mol. The zero-order valence-corrected chi connectivity index (χ0v) is 11.3. The van der Waals surface area contributed by atoms with E-state index >= 15 is 0 Å². The van der Waals surface area contributed by atoms with Crippen molar-refractivity contribution in [2.75, 3.05) is 14.1 Å². The van der Waals surface area contributed by atoms with Gasteiger partial charge in [0.1, 0.15) is 0 Å². The van der Waals surface area contributed by atoms with Gasteiger partial charge in [-0.05, 0) is 18.2 Å². The van der Waals surface area contributed by atoms with E-state index in [2.05, 4.69) is 4.98 Å². The predicted octanol–water partition coefficient (Wildman–Crippen LogP) is 2.48. The fraction of sp³-hybridized carbons (Fsp3) is 0.231. The molecule has 1 aromatic carbocycles. The topological polar surface area (TPSA) is 38.1 Å². The van der Waals surface area contributed by atoms with Crippen molar-refractivity contribution in [3.63, 3.8) is 0 Å². The van der Waals surface area contributed by atoms with Crippen LogP contribution in [0.1, 0.15) is 10.6 Å². The summed E-state index contributed by atoms with van der Waals surface area (Å²) in [7, 11) is 5.53. The molecule has 5 heteroatoms. The maximum Gasteiger partial charge on any atom is 0.222 e. The zero-order valence-electron chi connectivity index (χ0n) is 10.5. The molecule has 2 aromatic rings. The van der Waals surface area contributed by atoms with Crippen molar-refractivity contribution in [1.82, 2.24) is 14.5 Å². The Hall–Kier alpha value is -1.81. The predicted molar refractivity (Wildman–Crippen MR) is 72.9 cm³/mol. The molecule has 0 amide bonds. The molecule has 0 saturated heterocycles. The van der Waals surface area contributed by atoms with Crippen LogP contribution >= 0.6 is 11.6 Å². The van der Waals surface area contributed by atoms with Gasteiger partial charge in [0.15, 0.2) is 5.82 Å². The van der Waals surface area contributed by atoms with Crippen molar-refractivity contribution in [2.24, 2.45) is 7.05 Å². The number of hydrogen-bond donors (Lipinski definition) is 0. The molecular formula is C13H14ClN3O. The number of ketones is 1. The van der Waals surface area contributed by atoms with Crippen molar-refractivity contribution in [3.8, 4) is 0 Å². The Balaban J connectivity index is 2.46. The third kappa shape index (κ3) is 2.38. The average molecular weight is 264 g/mol. The van der Waals surface area contributed by atoms with Crippen LogP contribution in [0, 0.1) is 0 Å². The highest BCUT2D eigenvalue weighted by atomic mass is 35.5. The SMILES string of the molecule is CN(C)/C=C/C(=O)c1nc2ccc(Cl)cc2n1C. The summed E-state index contributed by atoms with van der Waals surface area (Å²) in [5, 5.41) is 0.633. The summed E-state index contributed by atoms with van der Waals surface area (Å²) in [5.41, 5.74) is 1.62. The highest BCUT2D eigenvalue weighted by Crippen LogP contribution is 2.20. The van der Waals surface area contributed by atoms with Gasteiger partial charge in [0.2, 0.25) is 5.78 Å². The number of benzene rings is 1. The summed E-state index contributed by atoms with van der Waals surface area (Å²) < 4.78 is 1.75. The third-order valence-electron chi connectivity index (χ3n) is 2.59. The molecule has 0 atom stereocenters. The number of aromatic nitrogens is 2. The number of carbonyl (C=O) groups is 1. The number of aryl methyl sites for hydroxylation is 1. The fourth-order valence-electron chi connectivity index (χ4n) is 1.67. The quantitative estimate of drug-likeness (QED) is 0.631. The molecule has 0 unspecified atom stereocenters. The Morgan fingerprint density at radius 2 is 2.17 bits per heavy atom. The summed E-state index contributed by atoms with van der Waals surface area (Å²) in [6.45, 7) is 0. The Kier molecular flexibility index (Phi) is 3.39. The Morgan fingerprint density at radius 3 is 2.83 bits per heavy atom. The van der Waals surface area contributed by atoms with Crippen molar-refractivity contribution in [1.29, 1.82) is 0 Å². The second-order valence-electron chi connectivity index (χ2n) is 4.27. The molecule has 1 heterocycles. The fourth-order valence-corrected chi connectivity index (χ4v) is 1.84. The molecule has 0 bridgehead atoms. The zero-order chi connectivity index (χ0) is 13.3. The van der Waals surface area contributed by atoms with E-state index < -0.39 is 0 Å². The standard InChI is InChI=1S/C13H14ClN3O/c1-16(2)7-6-12(18)13-15-10-5-4-9(14)8-11(10)17(13)3/h4-8H,1-3H3/b7-6+. The second-order valence-corrected chi connectivity index (χ2v) is 4.71. The average Bonchev–Trinajstić information content (AvgIpc) is 2.64. The van der Waals surface area contributed by atoms with Gasteiger partial charge in [0.05, 0.1) is 11.0 Å². The molecule has 18 heavy (non-hydrogen) atoms. The highest BCUT2D eigenvalue weighted by Gasteiger charge is 2.13. The number of allylic oxidation sites excluding steroid dienone is 1. The summed E-state index contributed by atoms with van der Waals surface area (Å²) in [4.78, 5) is 18.1. The number of fused-ring (bicyclic) bond motifs is 1. The second kappa shape index (κ2) is 4.82. The first kappa shape index (κ1) is 12.6. The lowest BCUT2D eigenvalue weighted by Crippen LogP contribution is -2.07. The lowest BCUT2D eigenvalue weighted by molar-refractivity contribution is 0.103. The van der Waals surface area contributed by atoms with Gasteiger partial charge in [0, 0.05) is 38.4 Å². The minimum Gasteiger partial charge on any atom is -0.383 e. The number of imidazole rings is 1. The van der Waals surface area contributed by atoms with Crippen molar-refractivity contribution < 1.29 is 4.79 Å². The van der Waals surface area contributed by atoms with E-state index in [9.17, 15) is 4.79 Å². The molecule has 0 spiro atoms. The lowest BCUT2D eigenvalue weighted by Gasteiger charge is -2.02. The summed E-state index contributed by atoms with van der Waals surface area (Å²) in [5.74, 6) is 0.281. The molecule has 4 nitrogen and oxygen atoms in total. The first-order valence-electron chi connectivity index (χ1n) is 5.50. The molecular weight excluding hydrogens is 250 g/mol. The number of halogens is 1. The number of nitrogens with zero attached hydrogens (tertiary/aromatic N) is 3. The van der Waals surface area contributed by atoms with Gasteiger partial charge in [-0.2, -0.15) is 0 Å². The van der Waals surface area contributed by atoms with E-state index in [4.69, 9.17) is 11.6 Å². The van der Waals surface area contributed by atoms with Crippen LogP contribution in [-0.4, -0.2) is 34.3 Å². The molecule has 0 aliphatic heterocycles. The van der Waals surface area contributed by atoms with E-state index in [-0.39, 0.29) is 5.78 Å².